The van der Waals surface area contributed by atoms with Crippen molar-refractivity contribution in [1.82, 2.24) is 24.8 Å². The van der Waals surface area contributed by atoms with Gasteiger partial charge in [-0.3, -0.25) is 4.79 Å². The quantitative estimate of drug-likeness (QED) is 0.502. The van der Waals surface area contributed by atoms with E-state index >= 15 is 0 Å². The fraction of sp³-hybridized carbons (Fsp3) is 0.318. The number of amides is 1. The van der Waals surface area contributed by atoms with Crippen LogP contribution in [0.1, 0.15) is 41.7 Å². The van der Waals surface area contributed by atoms with E-state index in [9.17, 15) is 13.2 Å². The second-order valence-corrected chi connectivity index (χ2v) is 9.90. The second-order valence-electron chi connectivity index (χ2n) is 7.76. The van der Waals surface area contributed by atoms with Crippen molar-refractivity contribution in [2.75, 3.05) is 13.2 Å². The summed E-state index contributed by atoms with van der Waals surface area (Å²) in [4.78, 5) is 16.6. The lowest BCUT2D eigenvalue weighted by Crippen LogP contribution is -2.32. The number of nitrogens with one attached hydrogen (secondary N) is 2. The maximum atomic E-state index is 12.8. The maximum Gasteiger partial charge on any atom is 0.251 e. The van der Waals surface area contributed by atoms with Crippen molar-refractivity contribution < 1.29 is 17.9 Å². The van der Waals surface area contributed by atoms with E-state index in [-0.39, 0.29) is 34.2 Å². The molecule has 2 atom stereocenters. The number of ether oxygens (including phenoxy) is 1. The Bertz CT molecular complexity index is 1210. The highest BCUT2D eigenvalue weighted by Gasteiger charge is 2.24. The Morgan fingerprint density at radius 2 is 2.06 bits per heavy atom. The zero-order valence-electron chi connectivity index (χ0n) is 17.9. The highest BCUT2D eigenvalue weighted by Crippen LogP contribution is 2.24. The summed E-state index contributed by atoms with van der Waals surface area (Å²) in [6.45, 7) is 2.64. The average Bonchev–Trinajstić information content (AvgIpc) is 3.52. The highest BCUT2D eigenvalue weighted by molar-refractivity contribution is 7.89. The molecule has 11 heteroatoms. The Kier molecular flexibility index (Phi) is 7.08. The van der Waals surface area contributed by atoms with Gasteiger partial charge in [0.1, 0.15) is 17.6 Å². The van der Waals surface area contributed by atoms with Crippen molar-refractivity contribution in [2.24, 2.45) is 0 Å². The number of carbonyl (C=O) groups is 1. The number of sulfonamides is 1. The van der Waals surface area contributed by atoms with Crippen LogP contribution < -0.4 is 10.0 Å². The average molecular weight is 490 g/mol. The summed E-state index contributed by atoms with van der Waals surface area (Å²) in [5, 5.41) is 7.02. The predicted molar refractivity (Wildman–Crippen MR) is 123 cm³/mol. The van der Waals surface area contributed by atoms with Crippen LogP contribution in [0.15, 0.2) is 60.0 Å². The molecule has 0 spiro atoms. The molecule has 0 bridgehead atoms. The van der Waals surface area contributed by atoms with Gasteiger partial charge in [-0.2, -0.15) is 5.10 Å². The van der Waals surface area contributed by atoms with E-state index in [1.807, 2.05) is 31.2 Å². The first-order chi connectivity index (χ1) is 15.8. The van der Waals surface area contributed by atoms with E-state index in [4.69, 9.17) is 16.3 Å². The molecule has 2 heterocycles. The molecular weight excluding hydrogens is 466 g/mol. The van der Waals surface area contributed by atoms with Gasteiger partial charge in [0.2, 0.25) is 10.0 Å². The number of aromatic nitrogens is 3. The van der Waals surface area contributed by atoms with Crippen LogP contribution in [-0.4, -0.2) is 48.3 Å². The lowest BCUT2D eigenvalue weighted by atomic mass is 10.1. The number of carbonyl (C=O) groups excluding carboxylic acids is 1. The number of nitrogens with zero attached hydrogens (tertiary/aromatic N) is 3. The molecule has 1 fully saturated rings. The smallest absolute Gasteiger partial charge is 0.251 e. The van der Waals surface area contributed by atoms with Crippen molar-refractivity contribution in [2.45, 2.75) is 36.8 Å². The minimum absolute atomic E-state index is 0.0446. The van der Waals surface area contributed by atoms with Crippen molar-refractivity contribution in [3.05, 3.63) is 71.3 Å². The summed E-state index contributed by atoms with van der Waals surface area (Å²) in [6, 6.07) is 11.4. The fourth-order valence-corrected chi connectivity index (χ4v) is 5.15. The molecule has 33 heavy (non-hydrogen) atoms. The van der Waals surface area contributed by atoms with Crippen LogP contribution in [0.2, 0.25) is 5.02 Å². The molecule has 3 aromatic rings. The summed E-state index contributed by atoms with van der Waals surface area (Å²) in [5.74, 6) is -0.407. The zero-order chi connectivity index (χ0) is 23.4. The van der Waals surface area contributed by atoms with Crippen LogP contribution in [0.25, 0.3) is 5.69 Å². The molecule has 2 unspecified atom stereocenters. The molecule has 9 nitrogen and oxygen atoms in total. The Balaban J connectivity index is 1.44. The van der Waals surface area contributed by atoms with Gasteiger partial charge in [-0.05, 0) is 55.7 Å². The standard InChI is InChI=1S/C22H24ClN5O4S/c1-15(16-4-7-18(8-5-16)28-14-24-13-25-28)27-22(29)17-6-9-20(23)21(11-17)33(30,31)26-12-19-3-2-10-32-19/h4-9,11,13-15,19,26H,2-3,10,12H2,1H3,(H,27,29). The second kappa shape index (κ2) is 10.0. The third-order valence-electron chi connectivity index (χ3n) is 5.43. The van der Waals surface area contributed by atoms with Gasteiger partial charge in [-0.1, -0.05) is 23.7 Å². The van der Waals surface area contributed by atoms with Gasteiger partial charge < -0.3 is 10.1 Å². The molecule has 174 valence electrons. The third kappa shape index (κ3) is 5.59. The molecule has 0 radical (unpaired) electrons. The summed E-state index contributed by atoms with van der Waals surface area (Å²) >= 11 is 6.15. The summed E-state index contributed by atoms with van der Waals surface area (Å²) in [6.07, 6.45) is 4.61. The van der Waals surface area contributed by atoms with E-state index in [1.165, 1.54) is 24.5 Å². The third-order valence-corrected chi connectivity index (χ3v) is 7.34. The molecule has 1 saturated heterocycles. The van der Waals surface area contributed by atoms with Gasteiger partial charge >= 0.3 is 0 Å². The normalized spacial score (nSPS) is 17.1. The number of halogens is 1. The summed E-state index contributed by atoms with van der Waals surface area (Å²) < 4.78 is 35.1. The van der Waals surface area contributed by atoms with Crippen molar-refractivity contribution in [3.63, 3.8) is 0 Å². The number of hydrogen-bond acceptors (Lipinski definition) is 6. The Morgan fingerprint density at radius 3 is 2.73 bits per heavy atom. The van der Waals surface area contributed by atoms with E-state index in [2.05, 4.69) is 20.1 Å². The Morgan fingerprint density at radius 1 is 1.27 bits per heavy atom. The van der Waals surface area contributed by atoms with Crippen LogP contribution in [0.5, 0.6) is 0 Å². The van der Waals surface area contributed by atoms with E-state index < -0.39 is 15.9 Å². The van der Waals surface area contributed by atoms with E-state index in [1.54, 1.807) is 11.0 Å². The minimum atomic E-state index is -3.90. The summed E-state index contributed by atoms with van der Waals surface area (Å²) in [5.41, 5.74) is 1.92. The fourth-order valence-electron chi connectivity index (χ4n) is 3.56. The molecule has 1 aromatic heterocycles. The number of hydrogen-bond donors (Lipinski definition) is 2. The van der Waals surface area contributed by atoms with Crippen LogP contribution in [0.3, 0.4) is 0 Å². The predicted octanol–water partition coefficient (Wildman–Crippen LogP) is 2.87. The Hall–Kier alpha value is -2.79. The first kappa shape index (κ1) is 23.4. The molecular formula is C22H24ClN5O4S. The van der Waals surface area contributed by atoms with Crippen LogP contribution in [0, 0.1) is 0 Å². The van der Waals surface area contributed by atoms with Gasteiger partial charge in [-0.25, -0.2) is 22.8 Å². The zero-order valence-corrected chi connectivity index (χ0v) is 19.5. The van der Waals surface area contributed by atoms with Crippen molar-refractivity contribution >= 4 is 27.5 Å². The molecule has 1 amide bonds. The molecule has 2 aromatic carbocycles. The molecule has 4 rings (SSSR count). The molecule has 1 aliphatic heterocycles. The van der Waals surface area contributed by atoms with Crippen LogP contribution >= 0.6 is 11.6 Å². The maximum absolute atomic E-state index is 12.8. The van der Waals surface area contributed by atoms with Gasteiger partial charge in [0.15, 0.2) is 0 Å². The molecule has 1 aliphatic rings. The first-order valence-electron chi connectivity index (χ1n) is 10.5. The Labute approximate surface area is 197 Å². The van der Waals surface area contributed by atoms with Gasteiger partial charge in [-0.15, -0.1) is 0 Å². The molecule has 2 N–H and O–H groups in total. The topological polar surface area (TPSA) is 115 Å². The molecule has 0 aliphatic carbocycles. The lowest BCUT2D eigenvalue weighted by Gasteiger charge is -2.16. The first-order valence-corrected chi connectivity index (χ1v) is 12.4. The summed E-state index contributed by atoms with van der Waals surface area (Å²) in [7, 11) is -3.90. The number of rotatable bonds is 8. The lowest BCUT2D eigenvalue weighted by molar-refractivity contribution is 0.0939. The SMILES string of the molecule is CC(NC(=O)c1ccc(Cl)c(S(=O)(=O)NCC2CCCO2)c1)c1ccc(-n2cncn2)cc1. The monoisotopic (exact) mass is 489 g/mol. The van der Waals surface area contributed by atoms with E-state index in [0.717, 1.165) is 24.1 Å². The molecule has 0 saturated carbocycles. The van der Waals surface area contributed by atoms with E-state index in [0.29, 0.717) is 6.61 Å². The number of benzene rings is 2. The van der Waals surface area contributed by atoms with Gasteiger partial charge in [0.25, 0.3) is 5.91 Å². The van der Waals surface area contributed by atoms with Crippen LogP contribution in [0.4, 0.5) is 0 Å². The van der Waals surface area contributed by atoms with Crippen LogP contribution in [-0.2, 0) is 14.8 Å². The van der Waals surface area contributed by atoms with Gasteiger partial charge in [0, 0.05) is 18.7 Å². The highest BCUT2D eigenvalue weighted by atomic mass is 35.5. The van der Waals surface area contributed by atoms with Crippen molar-refractivity contribution in [3.8, 4) is 5.69 Å². The van der Waals surface area contributed by atoms with Gasteiger partial charge in [0.05, 0.1) is 22.9 Å². The largest absolute Gasteiger partial charge is 0.377 e. The van der Waals surface area contributed by atoms with Crippen molar-refractivity contribution in [1.29, 1.82) is 0 Å². The minimum Gasteiger partial charge on any atom is -0.377 e.